The smallest absolute Gasteiger partial charge is 0.282 e. The van der Waals surface area contributed by atoms with Gasteiger partial charge in [-0.25, -0.2) is 4.90 Å². The lowest BCUT2D eigenvalue weighted by Gasteiger charge is -2.37. The SMILES string of the molecule is Cc1ccc(C2=C(N3CC(C)OC(C)C3)C(=O)N(c3ccccc3C)C2=O)cc1C. The van der Waals surface area contributed by atoms with E-state index in [4.69, 9.17) is 4.74 Å². The Hall–Kier alpha value is -2.92. The molecule has 5 nitrogen and oxygen atoms in total. The normalized spacial score (nSPS) is 22.3. The van der Waals surface area contributed by atoms with E-state index >= 15 is 0 Å². The fraction of sp³-hybridized carbons (Fsp3) is 0.360. The molecule has 0 N–H and O–H groups in total. The van der Waals surface area contributed by atoms with Crippen LogP contribution in [0.2, 0.25) is 0 Å². The number of hydrogen-bond acceptors (Lipinski definition) is 4. The standard InChI is InChI=1S/C25H28N2O3/c1-15-10-11-20(12-17(15)3)22-23(26-13-18(4)30-19(5)14-26)25(29)27(24(22)28)21-9-7-6-8-16(21)2/h6-12,18-19H,13-14H2,1-5H3. The molecule has 2 atom stereocenters. The van der Waals surface area contributed by atoms with E-state index in [1.165, 1.54) is 4.90 Å². The van der Waals surface area contributed by atoms with Crippen LogP contribution in [0.3, 0.4) is 0 Å². The van der Waals surface area contributed by atoms with E-state index in [-0.39, 0.29) is 24.0 Å². The average molecular weight is 405 g/mol. The predicted octanol–water partition coefficient (Wildman–Crippen LogP) is 4.01. The number of anilines is 1. The van der Waals surface area contributed by atoms with Gasteiger partial charge in [0.1, 0.15) is 5.70 Å². The Labute approximate surface area is 177 Å². The van der Waals surface area contributed by atoms with Gasteiger partial charge in [-0.05, 0) is 62.9 Å². The van der Waals surface area contributed by atoms with Crippen molar-refractivity contribution >= 4 is 23.1 Å². The maximum Gasteiger partial charge on any atom is 0.282 e. The monoisotopic (exact) mass is 404 g/mol. The number of imide groups is 1. The zero-order valence-corrected chi connectivity index (χ0v) is 18.2. The van der Waals surface area contributed by atoms with Crippen molar-refractivity contribution in [2.24, 2.45) is 0 Å². The molecule has 2 amide bonds. The Morgan fingerprint density at radius 1 is 0.833 bits per heavy atom. The second-order valence-corrected chi connectivity index (χ2v) is 8.42. The number of morpholine rings is 1. The van der Waals surface area contributed by atoms with Crippen LogP contribution in [0.25, 0.3) is 5.57 Å². The molecule has 5 heteroatoms. The molecule has 1 fully saturated rings. The lowest BCUT2D eigenvalue weighted by atomic mass is 9.99. The second kappa shape index (κ2) is 7.73. The number of ether oxygens (including phenoxy) is 1. The van der Waals surface area contributed by atoms with E-state index in [2.05, 4.69) is 0 Å². The molecule has 1 saturated heterocycles. The van der Waals surface area contributed by atoms with Crippen LogP contribution < -0.4 is 4.90 Å². The Kier molecular flexibility index (Phi) is 5.24. The van der Waals surface area contributed by atoms with Crippen LogP contribution in [0.1, 0.15) is 36.1 Å². The van der Waals surface area contributed by atoms with Gasteiger partial charge in [0.2, 0.25) is 0 Å². The molecule has 2 heterocycles. The van der Waals surface area contributed by atoms with Crippen molar-refractivity contribution in [3.63, 3.8) is 0 Å². The molecule has 2 aromatic carbocycles. The lowest BCUT2D eigenvalue weighted by Crippen LogP contribution is -2.47. The van der Waals surface area contributed by atoms with Gasteiger partial charge in [-0.2, -0.15) is 0 Å². The van der Waals surface area contributed by atoms with Gasteiger partial charge < -0.3 is 9.64 Å². The van der Waals surface area contributed by atoms with Crippen molar-refractivity contribution in [2.45, 2.75) is 46.8 Å². The highest BCUT2D eigenvalue weighted by atomic mass is 16.5. The lowest BCUT2D eigenvalue weighted by molar-refractivity contribution is -0.121. The number of carbonyl (C=O) groups excluding carboxylic acids is 2. The first-order valence-corrected chi connectivity index (χ1v) is 10.4. The summed E-state index contributed by atoms with van der Waals surface area (Å²) in [5, 5.41) is 0. The molecule has 0 saturated carbocycles. The summed E-state index contributed by atoms with van der Waals surface area (Å²) in [5.74, 6) is -0.525. The summed E-state index contributed by atoms with van der Waals surface area (Å²) < 4.78 is 5.87. The summed E-state index contributed by atoms with van der Waals surface area (Å²) in [6.07, 6.45) is -0.0321. The quantitative estimate of drug-likeness (QED) is 0.726. The maximum atomic E-state index is 13.7. The van der Waals surface area contributed by atoms with E-state index < -0.39 is 0 Å². The summed E-state index contributed by atoms with van der Waals surface area (Å²) in [6.45, 7) is 11.1. The molecule has 2 unspecified atom stereocenters. The van der Waals surface area contributed by atoms with Crippen LogP contribution >= 0.6 is 0 Å². The number of amides is 2. The first kappa shape index (κ1) is 20.4. The summed E-state index contributed by atoms with van der Waals surface area (Å²) in [5.41, 5.74) is 5.52. The van der Waals surface area contributed by atoms with E-state index in [1.54, 1.807) is 0 Å². The fourth-order valence-corrected chi connectivity index (χ4v) is 4.36. The summed E-state index contributed by atoms with van der Waals surface area (Å²) in [4.78, 5) is 30.7. The number of carbonyl (C=O) groups is 2. The van der Waals surface area contributed by atoms with Gasteiger partial charge in [-0.3, -0.25) is 9.59 Å². The molecule has 156 valence electrons. The number of para-hydroxylation sites is 1. The number of nitrogens with zero attached hydrogens (tertiary/aromatic N) is 2. The van der Waals surface area contributed by atoms with Crippen molar-refractivity contribution in [3.05, 3.63) is 70.4 Å². The fourth-order valence-electron chi connectivity index (χ4n) is 4.36. The highest BCUT2D eigenvalue weighted by molar-refractivity contribution is 6.45. The number of rotatable bonds is 3. The third-order valence-electron chi connectivity index (χ3n) is 5.95. The summed E-state index contributed by atoms with van der Waals surface area (Å²) >= 11 is 0. The first-order valence-electron chi connectivity index (χ1n) is 10.4. The minimum Gasteiger partial charge on any atom is -0.372 e. The van der Waals surface area contributed by atoms with Crippen molar-refractivity contribution < 1.29 is 14.3 Å². The zero-order chi connectivity index (χ0) is 21.6. The van der Waals surface area contributed by atoms with Crippen LogP contribution in [-0.4, -0.2) is 42.0 Å². The first-order chi connectivity index (χ1) is 14.3. The van der Waals surface area contributed by atoms with Crippen molar-refractivity contribution in [3.8, 4) is 0 Å². The van der Waals surface area contributed by atoms with Gasteiger partial charge in [-0.15, -0.1) is 0 Å². The van der Waals surface area contributed by atoms with Gasteiger partial charge in [0, 0.05) is 13.1 Å². The average Bonchev–Trinajstić information content (AvgIpc) is 2.94. The Bertz CT molecular complexity index is 1050. The highest BCUT2D eigenvalue weighted by Crippen LogP contribution is 2.37. The van der Waals surface area contributed by atoms with Gasteiger partial charge >= 0.3 is 0 Å². The molecule has 2 aliphatic rings. The van der Waals surface area contributed by atoms with Crippen LogP contribution in [0.5, 0.6) is 0 Å². The Balaban J connectivity index is 1.88. The van der Waals surface area contributed by atoms with Crippen LogP contribution in [0.4, 0.5) is 5.69 Å². The molecule has 30 heavy (non-hydrogen) atoms. The maximum absolute atomic E-state index is 13.7. The Morgan fingerprint density at radius 2 is 1.50 bits per heavy atom. The molecule has 0 radical (unpaired) electrons. The number of benzene rings is 2. The molecular weight excluding hydrogens is 376 g/mol. The second-order valence-electron chi connectivity index (χ2n) is 8.42. The molecule has 0 aromatic heterocycles. The van der Waals surface area contributed by atoms with Crippen molar-refractivity contribution in [1.29, 1.82) is 0 Å². The van der Waals surface area contributed by atoms with Crippen LogP contribution in [0.15, 0.2) is 48.2 Å². The van der Waals surface area contributed by atoms with Crippen molar-refractivity contribution in [1.82, 2.24) is 4.90 Å². The van der Waals surface area contributed by atoms with Gasteiger partial charge in [0.15, 0.2) is 0 Å². The molecule has 0 bridgehead atoms. The van der Waals surface area contributed by atoms with E-state index in [0.717, 1.165) is 22.3 Å². The largest absolute Gasteiger partial charge is 0.372 e. The van der Waals surface area contributed by atoms with E-state index in [1.807, 2.05) is 82.0 Å². The van der Waals surface area contributed by atoms with Crippen LogP contribution in [0, 0.1) is 20.8 Å². The number of aryl methyl sites for hydroxylation is 3. The minimum absolute atomic E-state index is 0.0160. The number of hydrogen-bond donors (Lipinski definition) is 0. The third kappa shape index (κ3) is 3.43. The molecule has 2 aliphatic heterocycles. The molecule has 0 aliphatic carbocycles. The van der Waals surface area contributed by atoms with Crippen LogP contribution in [-0.2, 0) is 14.3 Å². The molecule has 2 aromatic rings. The summed E-state index contributed by atoms with van der Waals surface area (Å²) in [6, 6.07) is 13.5. The predicted molar refractivity (Wildman–Crippen MR) is 118 cm³/mol. The minimum atomic E-state index is -0.264. The Morgan fingerprint density at radius 3 is 2.13 bits per heavy atom. The molecule has 4 rings (SSSR count). The van der Waals surface area contributed by atoms with Gasteiger partial charge in [0.05, 0.1) is 23.5 Å². The van der Waals surface area contributed by atoms with Gasteiger partial charge in [0.25, 0.3) is 11.8 Å². The topological polar surface area (TPSA) is 49.9 Å². The third-order valence-corrected chi connectivity index (χ3v) is 5.95. The van der Waals surface area contributed by atoms with E-state index in [9.17, 15) is 9.59 Å². The molecular formula is C25H28N2O3. The highest BCUT2D eigenvalue weighted by Gasteiger charge is 2.44. The van der Waals surface area contributed by atoms with Crippen molar-refractivity contribution in [2.75, 3.05) is 18.0 Å². The zero-order valence-electron chi connectivity index (χ0n) is 18.2. The van der Waals surface area contributed by atoms with Gasteiger partial charge in [-0.1, -0.05) is 36.4 Å². The molecule has 0 spiro atoms. The van der Waals surface area contributed by atoms with E-state index in [0.29, 0.717) is 30.0 Å². The summed E-state index contributed by atoms with van der Waals surface area (Å²) in [7, 11) is 0.